The van der Waals surface area contributed by atoms with E-state index in [1.807, 2.05) is 12.1 Å². The van der Waals surface area contributed by atoms with E-state index in [1.54, 1.807) is 11.3 Å². The van der Waals surface area contributed by atoms with Crippen molar-refractivity contribution in [2.45, 2.75) is 44.9 Å². The highest BCUT2D eigenvalue weighted by molar-refractivity contribution is 7.18. The molecule has 2 aromatic rings. The molecule has 24 heavy (non-hydrogen) atoms. The lowest BCUT2D eigenvalue weighted by molar-refractivity contribution is -0.117. The first-order valence-electron chi connectivity index (χ1n) is 9.10. The molecule has 0 spiro atoms. The number of anilines is 1. The van der Waals surface area contributed by atoms with Crippen LogP contribution in [0.5, 0.6) is 0 Å². The van der Waals surface area contributed by atoms with Gasteiger partial charge < -0.3 is 10.6 Å². The predicted octanol–water partition coefficient (Wildman–Crippen LogP) is 4.14. The molecule has 2 heterocycles. The minimum Gasteiger partial charge on any atom is -0.326 e. The van der Waals surface area contributed by atoms with Crippen molar-refractivity contribution in [3.63, 3.8) is 0 Å². The molecule has 1 amide bonds. The SMILES string of the molecule is CC(CC(=O)Nc1ccc2nc(C3CC3)sc2c1)C1CCCNC1. The first-order chi connectivity index (χ1) is 11.7. The van der Waals surface area contributed by atoms with Crippen molar-refractivity contribution < 1.29 is 4.79 Å². The number of hydrogen-bond donors (Lipinski definition) is 2. The molecule has 4 rings (SSSR count). The van der Waals surface area contributed by atoms with E-state index in [4.69, 9.17) is 4.98 Å². The third-order valence-corrected chi connectivity index (χ3v) is 6.44. The maximum atomic E-state index is 12.4. The van der Waals surface area contributed by atoms with Crippen LogP contribution in [0.4, 0.5) is 5.69 Å². The number of carbonyl (C=O) groups is 1. The lowest BCUT2D eigenvalue weighted by atomic mass is 9.85. The van der Waals surface area contributed by atoms with Crippen LogP contribution in [0.2, 0.25) is 0 Å². The van der Waals surface area contributed by atoms with Gasteiger partial charge in [0.25, 0.3) is 0 Å². The molecule has 1 saturated heterocycles. The summed E-state index contributed by atoms with van der Waals surface area (Å²) in [6.07, 6.45) is 5.61. The maximum Gasteiger partial charge on any atom is 0.224 e. The third-order valence-electron chi connectivity index (χ3n) is 5.26. The molecule has 1 aliphatic carbocycles. The number of aromatic nitrogens is 1. The fraction of sp³-hybridized carbons (Fsp3) is 0.579. The van der Waals surface area contributed by atoms with Gasteiger partial charge in [0.1, 0.15) is 0 Å². The molecule has 1 aliphatic heterocycles. The van der Waals surface area contributed by atoms with Gasteiger partial charge in [-0.05, 0) is 68.8 Å². The normalized spacial score (nSPS) is 22.5. The van der Waals surface area contributed by atoms with E-state index in [0.29, 0.717) is 24.2 Å². The fourth-order valence-corrected chi connectivity index (χ4v) is 4.74. The van der Waals surface area contributed by atoms with E-state index in [1.165, 1.54) is 35.4 Å². The zero-order valence-corrected chi connectivity index (χ0v) is 15.0. The number of hydrogen-bond acceptors (Lipinski definition) is 4. The number of benzene rings is 1. The molecule has 128 valence electrons. The third kappa shape index (κ3) is 3.62. The Balaban J connectivity index is 1.38. The largest absolute Gasteiger partial charge is 0.326 e. The summed E-state index contributed by atoms with van der Waals surface area (Å²) in [5.41, 5.74) is 1.95. The average molecular weight is 343 g/mol. The Morgan fingerprint density at radius 1 is 1.42 bits per heavy atom. The molecular formula is C19H25N3OS. The van der Waals surface area contributed by atoms with Crippen LogP contribution in [0, 0.1) is 11.8 Å². The minimum absolute atomic E-state index is 0.124. The highest BCUT2D eigenvalue weighted by Crippen LogP contribution is 2.43. The van der Waals surface area contributed by atoms with Gasteiger partial charge in [-0.2, -0.15) is 0 Å². The summed E-state index contributed by atoms with van der Waals surface area (Å²) in [6, 6.07) is 6.08. The number of piperidine rings is 1. The van der Waals surface area contributed by atoms with Crippen molar-refractivity contribution in [2.24, 2.45) is 11.8 Å². The molecule has 0 bridgehead atoms. The summed E-state index contributed by atoms with van der Waals surface area (Å²) in [6.45, 7) is 4.36. The maximum absolute atomic E-state index is 12.4. The van der Waals surface area contributed by atoms with Crippen LogP contribution >= 0.6 is 11.3 Å². The number of fused-ring (bicyclic) bond motifs is 1. The zero-order chi connectivity index (χ0) is 16.5. The second-order valence-corrected chi connectivity index (χ2v) is 8.41. The quantitative estimate of drug-likeness (QED) is 0.858. The highest BCUT2D eigenvalue weighted by Gasteiger charge is 2.27. The Morgan fingerprint density at radius 3 is 3.04 bits per heavy atom. The average Bonchev–Trinajstić information content (AvgIpc) is 3.35. The van der Waals surface area contributed by atoms with E-state index in [9.17, 15) is 4.79 Å². The topological polar surface area (TPSA) is 54.0 Å². The van der Waals surface area contributed by atoms with Gasteiger partial charge in [0.2, 0.25) is 5.91 Å². The van der Waals surface area contributed by atoms with E-state index >= 15 is 0 Å². The van der Waals surface area contributed by atoms with Crippen LogP contribution in [-0.2, 0) is 4.79 Å². The van der Waals surface area contributed by atoms with Gasteiger partial charge in [0, 0.05) is 18.0 Å². The van der Waals surface area contributed by atoms with Crippen LogP contribution in [-0.4, -0.2) is 24.0 Å². The fourth-order valence-electron chi connectivity index (χ4n) is 3.56. The summed E-state index contributed by atoms with van der Waals surface area (Å²) in [7, 11) is 0. The molecule has 2 atom stereocenters. The van der Waals surface area contributed by atoms with Crippen LogP contribution in [0.3, 0.4) is 0 Å². The smallest absolute Gasteiger partial charge is 0.224 e. The Bertz CT molecular complexity index is 731. The minimum atomic E-state index is 0.124. The molecule has 0 radical (unpaired) electrons. The molecule has 1 aromatic carbocycles. The first kappa shape index (κ1) is 16.0. The zero-order valence-electron chi connectivity index (χ0n) is 14.2. The van der Waals surface area contributed by atoms with Crippen LogP contribution in [0.1, 0.15) is 50.0 Å². The highest BCUT2D eigenvalue weighted by atomic mass is 32.1. The number of nitrogens with zero attached hydrogens (tertiary/aromatic N) is 1. The van der Waals surface area contributed by atoms with Gasteiger partial charge in [-0.25, -0.2) is 4.98 Å². The standard InChI is InChI=1S/C19H25N3OS/c1-12(14-3-2-8-20-11-14)9-18(23)21-15-6-7-16-17(10-15)24-19(22-16)13-4-5-13/h6-7,10,12-14,20H,2-5,8-9,11H2,1H3,(H,21,23). The molecule has 2 fully saturated rings. The number of nitrogens with one attached hydrogen (secondary N) is 2. The van der Waals surface area contributed by atoms with Crippen molar-refractivity contribution in [1.82, 2.24) is 10.3 Å². The monoisotopic (exact) mass is 343 g/mol. The molecule has 1 aromatic heterocycles. The van der Waals surface area contributed by atoms with Crippen LogP contribution in [0.25, 0.3) is 10.2 Å². The van der Waals surface area contributed by atoms with Crippen molar-refractivity contribution in [3.05, 3.63) is 23.2 Å². The summed E-state index contributed by atoms with van der Waals surface area (Å²) in [4.78, 5) is 17.1. The van der Waals surface area contributed by atoms with Crippen molar-refractivity contribution in [3.8, 4) is 0 Å². The van der Waals surface area contributed by atoms with Gasteiger partial charge in [-0.1, -0.05) is 6.92 Å². The number of thiazole rings is 1. The molecule has 5 heteroatoms. The van der Waals surface area contributed by atoms with Gasteiger partial charge in [-0.3, -0.25) is 4.79 Å². The number of rotatable bonds is 5. The summed E-state index contributed by atoms with van der Waals surface area (Å²) < 4.78 is 1.18. The lowest BCUT2D eigenvalue weighted by Crippen LogP contribution is -2.34. The number of carbonyl (C=O) groups excluding carboxylic acids is 1. The Labute approximate surface area is 147 Å². The first-order valence-corrected chi connectivity index (χ1v) is 9.92. The second-order valence-electron chi connectivity index (χ2n) is 7.34. The van der Waals surface area contributed by atoms with Gasteiger partial charge >= 0.3 is 0 Å². The van der Waals surface area contributed by atoms with Crippen LogP contribution < -0.4 is 10.6 Å². The van der Waals surface area contributed by atoms with Crippen LogP contribution in [0.15, 0.2) is 18.2 Å². The molecule has 2 unspecified atom stereocenters. The Kier molecular flexibility index (Phi) is 4.55. The van der Waals surface area contributed by atoms with Gasteiger partial charge in [0.15, 0.2) is 0 Å². The van der Waals surface area contributed by atoms with E-state index in [2.05, 4.69) is 23.6 Å². The number of amides is 1. The molecule has 4 nitrogen and oxygen atoms in total. The van der Waals surface area contributed by atoms with Crippen molar-refractivity contribution in [1.29, 1.82) is 0 Å². The summed E-state index contributed by atoms with van der Waals surface area (Å²) in [5.74, 6) is 1.85. The van der Waals surface area contributed by atoms with E-state index < -0.39 is 0 Å². The lowest BCUT2D eigenvalue weighted by Gasteiger charge is -2.28. The Morgan fingerprint density at radius 2 is 2.29 bits per heavy atom. The summed E-state index contributed by atoms with van der Waals surface area (Å²) in [5, 5.41) is 7.77. The van der Waals surface area contributed by atoms with Gasteiger partial charge in [0.05, 0.1) is 15.2 Å². The van der Waals surface area contributed by atoms with E-state index in [-0.39, 0.29) is 5.91 Å². The van der Waals surface area contributed by atoms with E-state index in [0.717, 1.165) is 24.3 Å². The van der Waals surface area contributed by atoms with Crippen molar-refractivity contribution >= 4 is 33.1 Å². The van der Waals surface area contributed by atoms with Crippen molar-refractivity contribution in [2.75, 3.05) is 18.4 Å². The molecule has 2 N–H and O–H groups in total. The Hall–Kier alpha value is -1.46. The molecular weight excluding hydrogens is 318 g/mol. The predicted molar refractivity (Wildman–Crippen MR) is 99.6 cm³/mol. The summed E-state index contributed by atoms with van der Waals surface area (Å²) >= 11 is 1.78. The molecule has 1 saturated carbocycles. The second kappa shape index (κ2) is 6.81. The molecule has 2 aliphatic rings. The van der Waals surface area contributed by atoms with Gasteiger partial charge in [-0.15, -0.1) is 11.3 Å².